The summed E-state index contributed by atoms with van der Waals surface area (Å²) in [7, 11) is 0. The molecular weight excluding hydrogens is 404 g/mol. The highest BCUT2D eigenvalue weighted by molar-refractivity contribution is 6.07. The Kier molecular flexibility index (Phi) is 7.37. The molecule has 1 unspecified atom stereocenters. The highest BCUT2D eigenvalue weighted by Gasteiger charge is 2.16. The second-order valence-electron chi connectivity index (χ2n) is 7.98. The van der Waals surface area contributed by atoms with Gasteiger partial charge in [-0.1, -0.05) is 18.2 Å². The average Bonchev–Trinajstić information content (AvgIpc) is 3.16. The highest BCUT2D eigenvalue weighted by Crippen LogP contribution is 2.23. The second kappa shape index (κ2) is 10.6. The molecule has 0 radical (unpaired) electrons. The number of rotatable bonds is 9. The molecule has 4 rings (SSSR count). The number of allylic oxidation sites excluding steroid dienone is 1. The quantitative estimate of drug-likeness (QED) is 0.412. The lowest BCUT2D eigenvalue weighted by atomic mass is 10.1. The van der Waals surface area contributed by atoms with Gasteiger partial charge in [-0.2, -0.15) is 0 Å². The van der Waals surface area contributed by atoms with Gasteiger partial charge in [-0.25, -0.2) is 0 Å². The van der Waals surface area contributed by atoms with E-state index >= 15 is 0 Å². The van der Waals surface area contributed by atoms with Gasteiger partial charge < -0.3 is 19.1 Å². The summed E-state index contributed by atoms with van der Waals surface area (Å²) in [6.45, 7) is 6.79. The van der Waals surface area contributed by atoms with Crippen LogP contribution in [-0.2, 0) is 11.3 Å². The van der Waals surface area contributed by atoms with Crippen molar-refractivity contribution in [1.82, 2.24) is 9.47 Å². The van der Waals surface area contributed by atoms with Gasteiger partial charge in [-0.3, -0.25) is 9.69 Å². The zero-order chi connectivity index (χ0) is 22.3. The Bertz CT molecular complexity index is 1070. The van der Waals surface area contributed by atoms with Crippen LogP contribution in [0.5, 0.6) is 5.75 Å². The number of aromatic nitrogens is 1. The molecule has 1 saturated heterocycles. The van der Waals surface area contributed by atoms with Gasteiger partial charge in [0.1, 0.15) is 5.75 Å². The molecule has 6 nitrogen and oxygen atoms in total. The van der Waals surface area contributed by atoms with Crippen LogP contribution in [0.25, 0.3) is 17.0 Å². The van der Waals surface area contributed by atoms with Gasteiger partial charge in [0.05, 0.1) is 25.9 Å². The van der Waals surface area contributed by atoms with E-state index in [0.717, 1.165) is 48.5 Å². The van der Waals surface area contributed by atoms with Gasteiger partial charge >= 0.3 is 0 Å². The number of nitrogens with zero attached hydrogens (tertiary/aromatic N) is 2. The summed E-state index contributed by atoms with van der Waals surface area (Å²) in [5.74, 6) is 0.698. The van der Waals surface area contributed by atoms with E-state index in [1.807, 2.05) is 55.6 Å². The Hall–Kier alpha value is -2.93. The van der Waals surface area contributed by atoms with E-state index in [1.54, 1.807) is 18.2 Å². The van der Waals surface area contributed by atoms with Crippen molar-refractivity contribution in [3.8, 4) is 5.75 Å². The molecule has 0 spiro atoms. The zero-order valence-corrected chi connectivity index (χ0v) is 18.4. The molecule has 0 bridgehead atoms. The Morgan fingerprint density at radius 2 is 1.88 bits per heavy atom. The zero-order valence-electron chi connectivity index (χ0n) is 18.4. The molecule has 1 atom stereocenters. The number of para-hydroxylation sites is 1. The fourth-order valence-corrected chi connectivity index (χ4v) is 4.07. The van der Waals surface area contributed by atoms with Crippen molar-refractivity contribution in [2.45, 2.75) is 19.6 Å². The van der Waals surface area contributed by atoms with E-state index in [1.165, 1.54) is 0 Å². The second-order valence-corrected chi connectivity index (χ2v) is 7.98. The first-order valence-electron chi connectivity index (χ1n) is 11.2. The highest BCUT2D eigenvalue weighted by atomic mass is 16.5. The Morgan fingerprint density at radius 1 is 1.12 bits per heavy atom. The monoisotopic (exact) mass is 434 g/mol. The van der Waals surface area contributed by atoms with Gasteiger partial charge in [0, 0.05) is 54.4 Å². The molecule has 0 amide bonds. The topological polar surface area (TPSA) is 63.9 Å². The summed E-state index contributed by atoms with van der Waals surface area (Å²) < 4.78 is 12.9. The number of fused-ring (bicyclic) bond motifs is 1. The number of hydrogen-bond donors (Lipinski definition) is 1. The largest absolute Gasteiger partial charge is 0.494 e. The van der Waals surface area contributed by atoms with Crippen molar-refractivity contribution in [2.75, 3.05) is 39.5 Å². The maximum absolute atomic E-state index is 12.6. The minimum atomic E-state index is -0.480. The third kappa shape index (κ3) is 5.46. The molecular formula is C26H30N2O4. The summed E-state index contributed by atoms with van der Waals surface area (Å²) in [4.78, 5) is 14.9. The number of ether oxygens (including phenoxy) is 2. The van der Waals surface area contributed by atoms with Gasteiger partial charge in [0.15, 0.2) is 5.78 Å². The predicted molar refractivity (Wildman–Crippen MR) is 126 cm³/mol. The maximum atomic E-state index is 12.6. The SMILES string of the molecule is CCOc1ccc(C(=O)/C=C/c2cn(CC(O)CN3CCOCC3)c3ccccc23)cc1. The van der Waals surface area contributed by atoms with Crippen LogP contribution in [0.2, 0.25) is 0 Å². The van der Waals surface area contributed by atoms with Crippen LogP contribution in [0.1, 0.15) is 22.8 Å². The molecule has 1 aliphatic heterocycles. The summed E-state index contributed by atoms with van der Waals surface area (Å²) in [6.07, 6.45) is 4.99. The summed E-state index contributed by atoms with van der Waals surface area (Å²) in [5.41, 5.74) is 2.62. The molecule has 0 saturated carbocycles. The lowest BCUT2D eigenvalue weighted by Gasteiger charge is -2.28. The molecule has 1 fully saturated rings. The molecule has 168 valence electrons. The van der Waals surface area contributed by atoms with Crippen LogP contribution < -0.4 is 4.74 Å². The number of aliphatic hydroxyl groups is 1. The number of hydrogen-bond acceptors (Lipinski definition) is 5. The third-order valence-corrected chi connectivity index (χ3v) is 5.66. The fourth-order valence-electron chi connectivity index (χ4n) is 4.07. The van der Waals surface area contributed by atoms with E-state index in [-0.39, 0.29) is 5.78 Å². The predicted octanol–water partition coefficient (Wildman–Crippen LogP) is 3.63. The lowest BCUT2D eigenvalue weighted by molar-refractivity contribution is 0.0117. The Balaban J connectivity index is 1.48. The molecule has 1 N–H and O–H groups in total. The molecule has 1 aliphatic rings. The minimum absolute atomic E-state index is 0.0581. The number of ketones is 1. The third-order valence-electron chi connectivity index (χ3n) is 5.66. The van der Waals surface area contributed by atoms with Crippen LogP contribution in [0.3, 0.4) is 0 Å². The molecule has 32 heavy (non-hydrogen) atoms. The Morgan fingerprint density at radius 3 is 2.62 bits per heavy atom. The van der Waals surface area contributed by atoms with Crippen molar-refractivity contribution < 1.29 is 19.4 Å². The van der Waals surface area contributed by atoms with Crippen molar-refractivity contribution in [3.63, 3.8) is 0 Å². The number of aliphatic hydroxyl groups excluding tert-OH is 1. The van der Waals surface area contributed by atoms with Crippen molar-refractivity contribution in [2.24, 2.45) is 0 Å². The van der Waals surface area contributed by atoms with E-state index in [4.69, 9.17) is 9.47 Å². The molecule has 2 aromatic carbocycles. The first kappa shape index (κ1) is 22.3. The lowest BCUT2D eigenvalue weighted by Crippen LogP contribution is -2.41. The molecule has 3 aromatic rings. The first-order chi connectivity index (χ1) is 15.6. The van der Waals surface area contributed by atoms with Gasteiger partial charge in [-0.05, 0) is 49.4 Å². The molecule has 0 aliphatic carbocycles. The van der Waals surface area contributed by atoms with E-state index < -0.39 is 6.10 Å². The van der Waals surface area contributed by atoms with Crippen molar-refractivity contribution in [1.29, 1.82) is 0 Å². The molecule has 6 heteroatoms. The van der Waals surface area contributed by atoms with E-state index in [2.05, 4.69) is 9.47 Å². The number of carbonyl (C=O) groups is 1. The number of carbonyl (C=O) groups excluding carboxylic acids is 1. The standard InChI is InChI=1S/C26H30N2O4/c1-2-32-23-10-7-20(8-11-23)26(30)12-9-21-17-28(25-6-4-3-5-24(21)25)19-22(29)18-27-13-15-31-16-14-27/h3-12,17,22,29H,2,13-16,18-19H2,1H3/b12-9+. The van der Waals surface area contributed by atoms with E-state index in [0.29, 0.717) is 25.3 Å². The molecule has 2 heterocycles. The smallest absolute Gasteiger partial charge is 0.185 e. The number of morpholine rings is 1. The minimum Gasteiger partial charge on any atom is -0.494 e. The van der Waals surface area contributed by atoms with Crippen LogP contribution in [-0.4, -0.2) is 65.9 Å². The number of β-amino-alcohol motifs (C(OH)–C–C–N with tert-alkyl or cyclic N) is 1. The fraction of sp³-hybridized carbons (Fsp3) is 0.346. The Labute approximate surface area is 188 Å². The van der Waals surface area contributed by atoms with Crippen molar-refractivity contribution in [3.05, 3.63) is 71.9 Å². The van der Waals surface area contributed by atoms with Crippen LogP contribution >= 0.6 is 0 Å². The van der Waals surface area contributed by atoms with Gasteiger partial charge in [0.25, 0.3) is 0 Å². The summed E-state index contributed by atoms with van der Waals surface area (Å²) >= 11 is 0. The van der Waals surface area contributed by atoms with E-state index in [9.17, 15) is 9.90 Å². The summed E-state index contributed by atoms with van der Waals surface area (Å²) in [5, 5.41) is 11.7. The summed E-state index contributed by atoms with van der Waals surface area (Å²) in [6, 6.07) is 15.3. The normalized spacial score (nSPS) is 15.9. The maximum Gasteiger partial charge on any atom is 0.185 e. The van der Waals surface area contributed by atoms with Crippen molar-refractivity contribution >= 4 is 22.8 Å². The molecule has 1 aromatic heterocycles. The van der Waals surface area contributed by atoms with Crippen LogP contribution in [0.4, 0.5) is 0 Å². The van der Waals surface area contributed by atoms with Gasteiger partial charge in [0.2, 0.25) is 0 Å². The average molecular weight is 435 g/mol. The van der Waals surface area contributed by atoms with Crippen LogP contribution in [0.15, 0.2) is 60.8 Å². The van der Waals surface area contributed by atoms with Crippen LogP contribution in [0, 0.1) is 0 Å². The van der Waals surface area contributed by atoms with Gasteiger partial charge in [-0.15, -0.1) is 0 Å². The number of benzene rings is 2. The first-order valence-corrected chi connectivity index (χ1v) is 11.2.